The number of piperidine rings is 2. The molecule has 2 heterocycles. The van der Waals surface area contributed by atoms with E-state index in [2.05, 4.69) is 10.2 Å². The van der Waals surface area contributed by atoms with E-state index in [1.54, 1.807) is 6.07 Å². The molecule has 0 spiro atoms. The first-order valence-electron chi connectivity index (χ1n) is 9.18. The van der Waals surface area contributed by atoms with E-state index in [4.69, 9.17) is 0 Å². The highest BCUT2D eigenvalue weighted by atomic mass is 19.1. The van der Waals surface area contributed by atoms with E-state index in [0.29, 0.717) is 24.2 Å². The maximum atomic E-state index is 14.2. The minimum Gasteiger partial charge on any atom is -0.367 e. The number of anilines is 1. The summed E-state index contributed by atoms with van der Waals surface area (Å²) in [7, 11) is 0. The molecule has 4 nitrogen and oxygen atoms in total. The first kappa shape index (κ1) is 15.7. The topological polar surface area (TPSA) is 35.6 Å². The lowest BCUT2D eigenvalue weighted by molar-refractivity contribution is 0.175. The Balaban J connectivity index is 1.40. The number of rotatable bonds is 2. The number of hydrogen-bond acceptors (Lipinski definition) is 2. The van der Waals surface area contributed by atoms with E-state index < -0.39 is 0 Å². The second-order valence-electron chi connectivity index (χ2n) is 7.67. The molecule has 130 valence electrons. The number of nitrogens with one attached hydrogen (secondary N) is 1. The Kier molecular flexibility index (Phi) is 4.10. The van der Waals surface area contributed by atoms with Crippen LogP contribution in [-0.2, 0) is 0 Å². The highest BCUT2D eigenvalue weighted by Crippen LogP contribution is 2.37. The van der Waals surface area contributed by atoms with E-state index in [1.807, 2.05) is 17.9 Å². The fourth-order valence-corrected chi connectivity index (χ4v) is 4.61. The fraction of sp³-hybridized carbons (Fsp3) is 0.632. The van der Waals surface area contributed by atoms with Crippen molar-refractivity contribution in [1.29, 1.82) is 0 Å². The third-order valence-corrected chi connectivity index (χ3v) is 5.86. The van der Waals surface area contributed by atoms with Crippen LogP contribution in [0.15, 0.2) is 18.2 Å². The molecule has 4 rings (SSSR count). The van der Waals surface area contributed by atoms with Crippen molar-refractivity contribution in [1.82, 2.24) is 10.2 Å². The van der Waals surface area contributed by atoms with Gasteiger partial charge in [0.25, 0.3) is 0 Å². The van der Waals surface area contributed by atoms with Crippen LogP contribution in [0, 0.1) is 18.7 Å². The summed E-state index contributed by atoms with van der Waals surface area (Å²) < 4.78 is 14.2. The molecule has 5 heteroatoms. The Labute approximate surface area is 143 Å². The lowest BCUT2D eigenvalue weighted by Gasteiger charge is -2.36. The van der Waals surface area contributed by atoms with Crippen molar-refractivity contribution in [3.8, 4) is 0 Å². The van der Waals surface area contributed by atoms with Gasteiger partial charge in [0, 0.05) is 31.7 Å². The molecule has 3 fully saturated rings. The summed E-state index contributed by atoms with van der Waals surface area (Å²) in [5.74, 6) is 0.537. The molecule has 1 saturated carbocycles. The quantitative estimate of drug-likeness (QED) is 0.902. The zero-order valence-electron chi connectivity index (χ0n) is 14.3. The zero-order valence-corrected chi connectivity index (χ0v) is 14.3. The molecule has 3 atom stereocenters. The first-order valence-corrected chi connectivity index (χ1v) is 9.18. The standard InChI is InChI=1S/C19H26FN3O/c1-13-4-7-17(20)18(9-13)22-8-2-3-15(12-22)21-19(24)23-11-14-5-6-16(23)10-14/h4,7,9,14-16H,2-3,5-6,8,10-12H2,1H3,(H,21,24). The van der Waals surface area contributed by atoms with Gasteiger partial charge in [-0.3, -0.25) is 0 Å². The van der Waals surface area contributed by atoms with Crippen LogP contribution in [0.4, 0.5) is 14.9 Å². The van der Waals surface area contributed by atoms with E-state index >= 15 is 0 Å². The number of urea groups is 1. The van der Waals surface area contributed by atoms with Gasteiger partial charge < -0.3 is 15.1 Å². The average molecular weight is 331 g/mol. The van der Waals surface area contributed by atoms with Crippen LogP contribution in [0.3, 0.4) is 0 Å². The Morgan fingerprint density at radius 2 is 2.12 bits per heavy atom. The summed E-state index contributed by atoms with van der Waals surface area (Å²) in [6, 6.07) is 5.87. The molecule has 1 aromatic rings. The van der Waals surface area contributed by atoms with Gasteiger partial charge in [0.2, 0.25) is 0 Å². The van der Waals surface area contributed by atoms with Gasteiger partial charge in [-0.2, -0.15) is 0 Å². The molecule has 0 radical (unpaired) electrons. The maximum Gasteiger partial charge on any atom is 0.317 e. The smallest absolute Gasteiger partial charge is 0.317 e. The number of aryl methyl sites for hydroxylation is 1. The average Bonchev–Trinajstić information content (AvgIpc) is 3.20. The van der Waals surface area contributed by atoms with Gasteiger partial charge in [-0.05, 0) is 62.6 Å². The Morgan fingerprint density at radius 3 is 2.88 bits per heavy atom. The van der Waals surface area contributed by atoms with Gasteiger partial charge in [0.05, 0.1) is 5.69 Å². The highest BCUT2D eigenvalue weighted by Gasteiger charge is 2.40. The predicted molar refractivity (Wildman–Crippen MR) is 92.7 cm³/mol. The molecule has 24 heavy (non-hydrogen) atoms. The second kappa shape index (κ2) is 6.26. The van der Waals surface area contributed by atoms with Crippen LogP contribution in [0.2, 0.25) is 0 Å². The summed E-state index contributed by atoms with van der Waals surface area (Å²) in [5.41, 5.74) is 1.72. The largest absolute Gasteiger partial charge is 0.367 e. The molecule has 3 aliphatic rings. The Hall–Kier alpha value is -1.78. The minimum atomic E-state index is -0.176. The number of halogens is 1. The first-order chi connectivity index (χ1) is 11.6. The molecule has 1 aromatic carbocycles. The van der Waals surface area contributed by atoms with Crippen molar-refractivity contribution in [3.05, 3.63) is 29.6 Å². The van der Waals surface area contributed by atoms with Crippen LogP contribution in [0.1, 0.15) is 37.7 Å². The lowest BCUT2D eigenvalue weighted by atomic mass is 10.0. The number of nitrogens with zero attached hydrogens (tertiary/aromatic N) is 2. The summed E-state index contributed by atoms with van der Waals surface area (Å²) in [4.78, 5) is 16.7. The van der Waals surface area contributed by atoms with Gasteiger partial charge in [0.15, 0.2) is 0 Å². The number of carbonyl (C=O) groups is 1. The monoisotopic (exact) mass is 331 g/mol. The van der Waals surface area contributed by atoms with Gasteiger partial charge in [-0.15, -0.1) is 0 Å². The van der Waals surface area contributed by atoms with Crippen LogP contribution in [0.5, 0.6) is 0 Å². The van der Waals surface area contributed by atoms with E-state index in [9.17, 15) is 9.18 Å². The number of hydrogen-bond donors (Lipinski definition) is 1. The number of carbonyl (C=O) groups excluding carboxylic acids is 1. The Bertz CT molecular complexity index is 635. The second-order valence-corrected chi connectivity index (χ2v) is 7.67. The number of fused-ring (bicyclic) bond motifs is 2. The van der Waals surface area contributed by atoms with Crippen LogP contribution in [0.25, 0.3) is 0 Å². The number of amides is 2. The summed E-state index contributed by atoms with van der Waals surface area (Å²) in [6.07, 6.45) is 5.56. The molecule has 3 unspecified atom stereocenters. The minimum absolute atomic E-state index is 0.0822. The Morgan fingerprint density at radius 1 is 1.25 bits per heavy atom. The van der Waals surface area contributed by atoms with Crippen molar-refractivity contribution in [2.75, 3.05) is 24.5 Å². The lowest BCUT2D eigenvalue weighted by Crippen LogP contribution is -2.53. The molecule has 2 bridgehead atoms. The SMILES string of the molecule is Cc1ccc(F)c(N2CCCC(NC(=O)N3CC4CCC3C4)C2)c1. The van der Waals surface area contributed by atoms with E-state index in [-0.39, 0.29) is 17.9 Å². The van der Waals surface area contributed by atoms with Gasteiger partial charge in [-0.25, -0.2) is 9.18 Å². The van der Waals surface area contributed by atoms with Crippen LogP contribution in [-0.4, -0.2) is 42.6 Å². The van der Waals surface area contributed by atoms with Crippen LogP contribution >= 0.6 is 0 Å². The summed E-state index contributed by atoms with van der Waals surface area (Å²) in [5, 5.41) is 3.20. The molecule has 2 amide bonds. The van der Waals surface area contributed by atoms with E-state index in [0.717, 1.165) is 37.9 Å². The van der Waals surface area contributed by atoms with Gasteiger partial charge >= 0.3 is 6.03 Å². The summed E-state index contributed by atoms with van der Waals surface area (Å²) >= 11 is 0. The molecular weight excluding hydrogens is 305 g/mol. The molecule has 2 aliphatic heterocycles. The zero-order chi connectivity index (χ0) is 16.7. The third kappa shape index (κ3) is 2.96. The molecule has 0 aromatic heterocycles. The van der Waals surface area contributed by atoms with Crippen molar-refractivity contribution >= 4 is 11.7 Å². The van der Waals surface area contributed by atoms with Crippen molar-refractivity contribution in [2.24, 2.45) is 5.92 Å². The van der Waals surface area contributed by atoms with Crippen molar-refractivity contribution in [2.45, 2.75) is 51.1 Å². The molecule has 1 N–H and O–H groups in total. The highest BCUT2D eigenvalue weighted by molar-refractivity contribution is 5.75. The number of likely N-dealkylation sites (tertiary alicyclic amines) is 1. The van der Waals surface area contributed by atoms with Crippen molar-refractivity contribution < 1.29 is 9.18 Å². The van der Waals surface area contributed by atoms with Gasteiger partial charge in [-0.1, -0.05) is 6.07 Å². The van der Waals surface area contributed by atoms with Crippen molar-refractivity contribution in [3.63, 3.8) is 0 Å². The third-order valence-electron chi connectivity index (χ3n) is 5.86. The van der Waals surface area contributed by atoms with E-state index in [1.165, 1.54) is 18.9 Å². The molecule has 2 saturated heterocycles. The van der Waals surface area contributed by atoms with Crippen LogP contribution < -0.4 is 10.2 Å². The summed E-state index contributed by atoms with van der Waals surface area (Å²) in [6.45, 7) is 4.43. The fourth-order valence-electron chi connectivity index (χ4n) is 4.61. The predicted octanol–water partition coefficient (Wildman–Crippen LogP) is 3.30. The number of benzene rings is 1. The normalized spacial score (nSPS) is 29.2. The maximum absolute atomic E-state index is 14.2. The van der Waals surface area contributed by atoms with Gasteiger partial charge in [0.1, 0.15) is 5.82 Å². The molecular formula is C19H26FN3O. The molecule has 1 aliphatic carbocycles.